The molecule has 2 atom stereocenters. The Kier molecular flexibility index (Phi) is 1.89. The van der Waals surface area contributed by atoms with E-state index < -0.39 is 0 Å². The number of nitrogens with one attached hydrogen (secondary N) is 1. The van der Waals surface area contributed by atoms with Gasteiger partial charge in [-0.1, -0.05) is 0 Å². The summed E-state index contributed by atoms with van der Waals surface area (Å²) >= 11 is 0. The Labute approximate surface area is 94.8 Å². The lowest BCUT2D eigenvalue weighted by Crippen LogP contribution is -2.15. The van der Waals surface area contributed by atoms with Gasteiger partial charge >= 0.3 is 0 Å². The fourth-order valence-corrected chi connectivity index (χ4v) is 2.94. The standard InChI is InChI=1S/C12H17N3O/c1-2-10(1)13-6-11-14-15-12(16-11)9-4-7-3-8(7)5-9/h7-10,13H,1-6H2. The first-order chi connectivity index (χ1) is 7.88. The van der Waals surface area contributed by atoms with Gasteiger partial charge in [0.15, 0.2) is 0 Å². The highest BCUT2D eigenvalue weighted by Gasteiger charge is 2.47. The molecule has 1 aromatic heterocycles. The van der Waals surface area contributed by atoms with E-state index in [1.165, 1.54) is 32.1 Å². The van der Waals surface area contributed by atoms with Crippen LogP contribution in [-0.2, 0) is 6.54 Å². The highest BCUT2D eigenvalue weighted by Crippen LogP contribution is 2.57. The van der Waals surface area contributed by atoms with E-state index in [1.807, 2.05) is 0 Å². The molecule has 0 radical (unpaired) electrons. The summed E-state index contributed by atoms with van der Waals surface area (Å²) in [6.07, 6.45) is 6.60. The second-order valence-corrected chi connectivity index (χ2v) is 5.61. The first-order valence-corrected chi connectivity index (χ1v) is 6.44. The monoisotopic (exact) mass is 219 g/mol. The third-order valence-electron chi connectivity index (χ3n) is 4.19. The van der Waals surface area contributed by atoms with E-state index in [2.05, 4.69) is 15.5 Å². The largest absolute Gasteiger partial charge is 0.424 e. The summed E-state index contributed by atoms with van der Waals surface area (Å²) in [4.78, 5) is 0. The molecule has 4 nitrogen and oxygen atoms in total. The van der Waals surface area contributed by atoms with Crippen LogP contribution in [0.1, 0.15) is 49.8 Å². The molecule has 3 aliphatic rings. The van der Waals surface area contributed by atoms with Gasteiger partial charge in [-0.2, -0.15) is 0 Å². The second-order valence-electron chi connectivity index (χ2n) is 5.61. The minimum Gasteiger partial charge on any atom is -0.424 e. The van der Waals surface area contributed by atoms with Crippen LogP contribution in [0.3, 0.4) is 0 Å². The minimum atomic E-state index is 0.561. The Morgan fingerprint density at radius 1 is 1.12 bits per heavy atom. The second kappa shape index (κ2) is 3.29. The maximum absolute atomic E-state index is 5.73. The van der Waals surface area contributed by atoms with Gasteiger partial charge in [0, 0.05) is 12.0 Å². The van der Waals surface area contributed by atoms with Crippen molar-refractivity contribution in [3.63, 3.8) is 0 Å². The van der Waals surface area contributed by atoms with Crippen LogP contribution in [0.15, 0.2) is 4.42 Å². The lowest BCUT2D eigenvalue weighted by molar-refractivity contribution is 0.393. The third-order valence-corrected chi connectivity index (χ3v) is 4.19. The van der Waals surface area contributed by atoms with Crippen molar-refractivity contribution in [1.82, 2.24) is 15.5 Å². The summed E-state index contributed by atoms with van der Waals surface area (Å²) in [5.41, 5.74) is 0. The number of aromatic nitrogens is 2. The highest BCUT2D eigenvalue weighted by atomic mass is 16.4. The van der Waals surface area contributed by atoms with Crippen LogP contribution in [0.2, 0.25) is 0 Å². The molecule has 0 spiro atoms. The Hall–Kier alpha value is -0.900. The van der Waals surface area contributed by atoms with Crippen molar-refractivity contribution in [2.45, 2.75) is 50.6 Å². The zero-order valence-corrected chi connectivity index (χ0v) is 9.35. The molecular weight excluding hydrogens is 202 g/mol. The molecule has 1 N–H and O–H groups in total. The average Bonchev–Trinajstić information content (AvgIpc) is 3.18. The molecule has 0 aliphatic heterocycles. The molecule has 4 heteroatoms. The molecule has 0 bridgehead atoms. The molecular formula is C12H17N3O. The molecule has 16 heavy (non-hydrogen) atoms. The van der Waals surface area contributed by atoms with Crippen LogP contribution in [0, 0.1) is 11.8 Å². The molecule has 2 unspecified atom stereocenters. The molecule has 0 aromatic carbocycles. The summed E-state index contributed by atoms with van der Waals surface area (Å²) in [6.45, 7) is 0.747. The molecule has 1 heterocycles. The molecule has 0 amide bonds. The van der Waals surface area contributed by atoms with E-state index in [0.717, 1.165) is 30.2 Å². The predicted octanol–water partition coefficient (Wildman–Crippen LogP) is 1.84. The summed E-state index contributed by atoms with van der Waals surface area (Å²) < 4.78 is 5.73. The first-order valence-electron chi connectivity index (χ1n) is 6.44. The summed E-state index contributed by atoms with van der Waals surface area (Å²) in [5, 5.41) is 11.7. The van der Waals surface area contributed by atoms with Crippen LogP contribution >= 0.6 is 0 Å². The lowest BCUT2D eigenvalue weighted by Gasteiger charge is -2.04. The molecule has 3 fully saturated rings. The van der Waals surface area contributed by atoms with Gasteiger partial charge < -0.3 is 9.73 Å². The van der Waals surface area contributed by atoms with Crippen LogP contribution in [0.5, 0.6) is 0 Å². The van der Waals surface area contributed by atoms with Crippen LogP contribution < -0.4 is 5.32 Å². The van der Waals surface area contributed by atoms with Gasteiger partial charge in [0.2, 0.25) is 11.8 Å². The molecule has 86 valence electrons. The molecule has 3 aliphatic carbocycles. The SMILES string of the molecule is C(NC1CC1)c1nnc(C2CC3CC3C2)o1. The Bertz CT molecular complexity index is 389. The van der Waals surface area contributed by atoms with Crippen molar-refractivity contribution in [3.05, 3.63) is 11.8 Å². The van der Waals surface area contributed by atoms with Crippen LogP contribution in [0.25, 0.3) is 0 Å². The van der Waals surface area contributed by atoms with Crippen molar-refractivity contribution in [3.8, 4) is 0 Å². The van der Waals surface area contributed by atoms with Crippen molar-refractivity contribution < 1.29 is 4.42 Å². The Morgan fingerprint density at radius 2 is 1.94 bits per heavy atom. The van der Waals surface area contributed by atoms with Gasteiger partial charge in [-0.3, -0.25) is 0 Å². The molecule has 0 saturated heterocycles. The molecule has 4 rings (SSSR count). The van der Waals surface area contributed by atoms with E-state index in [1.54, 1.807) is 0 Å². The first kappa shape index (κ1) is 9.16. The fourth-order valence-electron chi connectivity index (χ4n) is 2.94. The van der Waals surface area contributed by atoms with Gasteiger partial charge in [0.05, 0.1) is 6.54 Å². The van der Waals surface area contributed by atoms with Crippen LogP contribution in [0.4, 0.5) is 0 Å². The Morgan fingerprint density at radius 3 is 2.69 bits per heavy atom. The van der Waals surface area contributed by atoms with E-state index in [9.17, 15) is 0 Å². The summed E-state index contributed by atoms with van der Waals surface area (Å²) in [6, 6.07) is 0.703. The molecule has 3 saturated carbocycles. The van der Waals surface area contributed by atoms with E-state index in [-0.39, 0.29) is 0 Å². The van der Waals surface area contributed by atoms with Crippen molar-refractivity contribution in [2.75, 3.05) is 0 Å². The predicted molar refractivity (Wildman–Crippen MR) is 57.7 cm³/mol. The van der Waals surface area contributed by atoms with Gasteiger partial charge in [0.1, 0.15) is 0 Å². The normalized spacial score (nSPS) is 36.4. The third kappa shape index (κ3) is 1.65. The zero-order chi connectivity index (χ0) is 10.5. The van der Waals surface area contributed by atoms with Gasteiger partial charge in [-0.05, 0) is 43.9 Å². The van der Waals surface area contributed by atoms with Crippen LogP contribution in [-0.4, -0.2) is 16.2 Å². The number of hydrogen-bond acceptors (Lipinski definition) is 4. The van der Waals surface area contributed by atoms with E-state index in [4.69, 9.17) is 4.42 Å². The fraction of sp³-hybridized carbons (Fsp3) is 0.833. The number of hydrogen-bond donors (Lipinski definition) is 1. The van der Waals surface area contributed by atoms with Gasteiger partial charge in [-0.25, -0.2) is 0 Å². The zero-order valence-electron chi connectivity index (χ0n) is 9.35. The summed E-state index contributed by atoms with van der Waals surface area (Å²) in [7, 11) is 0. The maximum Gasteiger partial charge on any atom is 0.230 e. The number of fused-ring (bicyclic) bond motifs is 1. The van der Waals surface area contributed by atoms with E-state index >= 15 is 0 Å². The maximum atomic E-state index is 5.73. The minimum absolute atomic E-state index is 0.561. The summed E-state index contributed by atoms with van der Waals surface area (Å²) in [5.74, 6) is 4.17. The van der Waals surface area contributed by atoms with Crippen molar-refractivity contribution in [2.24, 2.45) is 11.8 Å². The van der Waals surface area contributed by atoms with Gasteiger partial charge in [0.25, 0.3) is 0 Å². The average molecular weight is 219 g/mol. The topological polar surface area (TPSA) is 51.0 Å². The van der Waals surface area contributed by atoms with Crippen molar-refractivity contribution >= 4 is 0 Å². The van der Waals surface area contributed by atoms with Gasteiger partial charge in [-0.15, -0.1) is 10.2 Å². The Balaban J connectivity index is 1.39. The highest BCUT2D eigenvalue weighted by molar-refractivity contribution is 5.06. The lowest BCUT2D eigenvalue weighted by atomic mass is 10.0. The number of nitrogens with zero attached hydrogens (tertiary/aromatic N) is 2. The van der Waals surface area contributed by atoms with Crippen molar-refractivity contribution in [1.29, 1.82) is 0 Å². The number of rotatable bonds is 4. The molecule has 1 aromatic rings. The van der Waals surface area contributed by atoms with E-state index in [0.29, 0.717) is 12.0 Å². The quantitative estimate of drug-likeness (QED) is 0.839. The smallest absolute Gasteiger partial charge is 0.230 e.